The van der Waals surface area contributed by atoms with E-state index in [4.69, 9.17) is 34.8 Å². The zero-order valence-electron chi connectivity index (χ0n) is 15.8. The number of hydrogen-bond donors (Lipinski definition) is 1. The lowest BCUT2D eigenvalue weighted by molar-refractivity contribution is -0.123. The highest BCUT2D eigenvalue weighted by Gasteiger charge is 2.34. The molecule has 0 unspecified atom stereocenters. The van der Waals surface area contributed by atoms with Crippen LogP contribution < -0.4 is 5.32 Å². The van der Waals surface area contributed by atoms with Crippen molar-refractivity contribution in [1.82, 2.24) is 14.8 Å². The van der Waals surface area contributed by atoms with Crippen molar-refractivity contribution in [2.75, 3.05) is 0 Å². The van der Waals surface area contributed by atoms with Crippen LogP contribution in [0.3, 0.4) is 0 Å². The third-order valence-corrected chi connectivity index (χ3v) is 5.81. The van der Waals surface area contributed by atoms with Crippen LogP contribution in [-0.2, 0) is 11.3 Å². The number of imide groups is 1. The molecule has 1 saturated heterocycles. The Bertz CT molecular complexity index is 1200. The van der Waals surface area contributed by atoms with E-state index in [0.29, 0.717) is 20.6 Å². The van der Waals surface area contributed by atoms with Crippen LogP contribution in [0.2, 0.25) is 15.1 Å². The summed E-state index contributed by atoms with van der Waals surface area (Å²) in [4.78, 5) is 26.4. The summed E-state index contributed by atoms with van der Waals surface area (Å²) in [5, 5.41) is 4.16. The molecule has 8 heteroatoms. The maximum absolute atomic E-state index is 12.8. The zero-order valence-corrected chi connectivity index (χ0v) is 18.1. The van der Waals surface area contributed by atoms with E-state index in [1.807, 2.05) is 48.0 Å². The number of rotatable bonds is 4. The first-order valence-corrected chi connectivity index (χ1v) is 10.2. The van der Waals surface area contributed by atoms with Gasteiger partial charge >= 0.3 is 6.03 Å². The summed E-state index contributed by atoms with van der Waals surface area (Å²) < 4.78 is 1.89. The van der Waals surface area contributed by atoms with E-state index >= 15 is 0 Å². The van der Waals surface area contributed by atoms with Crippen molar-refractivity contribution in [3.63, 3.8) is 0 Å². The second-order valence-corrected chi connectivity index (χ2v) is 8.10. The molecule has 3 aromatic rings. The number of amides is 3. The van der Waals surface area contributed by atoms with Crippen LogP contribution in [-0.4, -0.2) is 21.4 Å². The third kappa shape index (κ3) is 3.97. The molecule has 0 saturated carbocycles. The Balaban J connectivity index is 1.61. The van der Waals surface area contributed by atoms with Crippen molar-refractivity contribution in [1.29, 1.82) is 0 Å². The number of aryl methyl sites for hydroxylation is 1. The van der Waals surface area contributed by atoms with E-state index in [9.17, 15) is 9.59 Å². The summed E-state index contributed by atoms with van der Waals surface area (Å²) in [5.41, 5.74) is 3.36. The van der Waals surface area contributed by atoms with Crippen LogP contribution in [0.25, 0.3) is 11.8 Å². The van der Waals surface area contributed by atoms with Crippen molar-refractivity contribution >= 4 is 52.8 Å². The lowest BCUT2D eigenvalue weighted by atomic mass is 10.2. The number of carbonyl (C=O) groups excluding carboxylic acids is 2. The van der Waals surface area contributed by atoms with Gasteiger partial charge in [0.2, 0.25) is 0 Å². The second-order valence-electron chi connectivity index (χ2n) is 6.85. The Morgan fingerprint density at radius 2 is 1.80 bits per heavy atom. The van der Waals surface area contributed by atoms with E-state index in [1.165, 1.54) is 0 Å². The summed E-state index contributed by atoms with van der Waals surface area (Å²) in [6, 6.07) is 13.8. The summed E-state index contributed by atoms with van der Waals surface area (Å²) in [6.45, 7) is 1.98. The van der Waals surface area contributed by atoms with Crippen LogP contribution in [0.1, 0.15) is 16.8 Å². The smallest absolute Gasteiger partial charge is 0.317 e. The molecule has 4 rings (SSSR count). The fraction of sp³-hybridized carbons (Fsp3) is 0.0909. The van der Waals surface area contributed by atoms with Gasteiger partial charge in [0.05, 0.1) is 6.54 Å². The minimum Gasteiger partial charge on any atom is -0.317 e. The first kappa shape index (κ1) is 20.5. The van der Waals surface area contributed by atoms with E-state index in [-0.39, 0.29) is 12.2 Å². The fourth-order valence-corrected chi connectivity index (χ4v) is 3.80. The monoisotopic (exact) mass is 459 g/mol. The van der Waals surface area contributed by atoms with Gasteiger partial charge in [0.25, 0.3) is 5.91 Å². The average molecular weight is 461 g/mol. The Labute approximate surface area is 188 Å². The van der Waals surface area contributed by atoms with Crippen molar-refractivity contribution in [3.8, 4) is 5.69 Å². The number of nitrogens with zero attached hydrogens (tertiary/aromatic N) is 2. The molecule has 1 aliphatic heterocycles. The van der Waals surface area contributed by atoms with Gasteiger partial charge in [-0.25, -0.2) is 4.79 Å². The number of halogens is 3. The van der Waals surface area contributed by atoms with Gasteiger partial charge in [-0.05, 0) is 60.5 Å². The number of aromatic nitrogens is 1. The SMILES string of the molecule is Cc1ccc(-n2cccc2/C=C2\NC(=O)N(Cc3ccc(Cl)cc3Cl)C2=O)cc1Cl. The summed E-state index contributed by atoms with van der Waals surface area (Å²) >= 11 is 18.3. The lowest BCUT2D eigenvalue weighted by Crippen LogP contribution is -2.30. The van der Waals surface area contributed by atoms with Crippen molar-refractivity contribution in [3.05, 3.63) is 92.3 Å². The molecule has 152 valence electrons. The molecular formula is C22H16Cl3N3O2. The highest BCUT2D eigenvalue weighted by Crippen LogP contribution is 2.26. The summed E-state index contributed by atoms with van der Waals surface area (Å²) in [7, 11) is 0. The van der Waals surface area contributed by atoms with Crippen molar-refractivity contribution in [2.24, 2.45) is 0 Å². The number of hydrogen-bond acceptors (Lipinski definition) is 2. The van der Waals surface area contributed by atoms with Gasteiger partial charge in [0, 0.05) is 32.6 Å². The van der Waals surface area contributed by atoms with Gasteiger partial charge in [0.1, 0.15) is 5.70 Å². The Morgan fingerprint density at radius 3 is 2.53 bits per heavy atom. The Morgan fingerprint density at radius 1 is 1.00 bits per heavy atom. The molecular weight excluding hydrogens is 445 g/mol. The van der Waals surface area contributed by atoms with Crippen molar-refractivity contribution < 1.29 is 9.59 Å². The predicted molar refractivity (Wildman–Crippen MR) is 119 cm³/mol. The fourth-order valence-electron chi connectivity index (χ4n) is 3.16. The van der Waals surface area contributed by atoms with E-state index in [1.54, 1.807) is 24.3 Å². The molecule has 0 bridgehead atoms. The topological polar surface area (TPSA) is 54.3 Å². The number of urea groups is 1. The molecule has 2 aromatic carbocycles. The predicted octanol–water partition coefficient (Wildman–Crippen LogP) is 5.84. The molecule has 1 fully saturated rings. The quantitative estimate of drug-likeness (QED) is 0.393. The standard InChI is InChI=1S/C22H16Cl3N3O2/c1-13-4-7-17(10-18(13)24)27-8-2-3-16(27)11-20-21(29)28(22(30)26-20)12-14-5-6-15(23)9-19(14)25/h2-11H,12H2,1H3,(H,26,30)/b20-11-. The van der Waals surface area contributed by atoms with Crippen LogP contribution in [0.15, 0.2) is 60.4 Å². The molecule has 5 nitrogen and oxygen atoms in total. The molecule has 0 aliphatic carbocycles. The molecule has 0 radical (unpaired) electrons. The minimum absolute atomic E-state index is 0.0482. The molecule has 1 aliphatic rings. The lowest BCUT2D eigenvalue weighted by Gasteiger charge is -2.13. The molecule has 2 heterocycles. The maximum atomic E-state index is 12.8. The normalized spacial score (nSPS) is 15.2. The maximum Gasteiger partial charge on any atom is 0.329 e. The van der Waals surface area contributed by atoms with Crippen LogP contribution >= 0.6 is 34.8 Å². The molecule has 0 atom stereocenters. The van der Waals surface area contributed by atoms with Crippen LogP contribution in [0.4, 0.5) is 4.79 Å². The van der Waals surface area contributed by atoms with E-state index < -0.39 is 11.9 Å². The van der Waals surface area contributed by atoms with Gasteiger partial charge in [-0.15, -0.1) is 0 Å². The molecule has 3 amide bonds. The molecule has 1 N–H and O–H groups in total. The van der Waals surface area contributed by atoms with E-state index in [2.05, 4.69) is 5.32 Å². The average Bonchev–Trinajstić information content (AvgIpc) is 3.26. The summed E-state index contributed by atoms with van der Waals surface area (Å²) in [5.74, 6) is -0.430. The van der Waals surface area contributed by atoms with E-state index in [0.717, 1.165) is 21.8 Å². The van der Waals surface area contributed by atoms with Gasteiger partial charge in [0.15, 0.2) is 0 Å². The third-order valence-electron chi connectivity index (χ3n) is 4.81. The molecule has 1 aromatic heterocycles. The largest absolute Gasteiger partial charge is 0.329 e. The molecule has 30 heavy (non-hydrogen) atoms. The number of carbonyl (C=O) groups is 2. The summed E-state index contributed by atoms with van der Waals surface area (Å²) in [6.07, 6.45) is 3.50. The number of benzene rings is 2. The van der Waals surface area contributed by atoms with Gasteiger partial charge < -0.3 is 9.88 Å². The first-order chi connectivity index (χ1) is 14.3. The Kier molecular flexibility index (Phi) is 5.60. The van der Waals surface area contributed by atoms with Gasteiger partial charge in [-0.3, -0.25) is 9.69 Å². The van der Waals surface area contributed by atoms with Crippen LogP contribution in [0, 0.1) is 6.92 Å². The second kappa shape index (κ2) is 8.19. The van der Waals surface area contributed by atoms with Crippen LogP contribution in [0.5, 0.6) is 0 Å². The highest BCUT2D eigenvalue weighted by atomic mass is 35.5. The Hall–Kier alpha value is -2.73. The van der Waals surface area contributed by atoms with Gasteiger partial charge in [-0.1, -0.05) is 46.9 Å². The molecule has 0 spiro atoms. The van der Waals surface area contributed by atoms with Crippen molar-refractivity contribution in [2.45, 2.75) is 13.5 Å². The highest BCUT2D eigenvalue weighted by molar-refractivity contribution is 6.35. The number of nitrogens with one attached hydrogen (secondary N) is 1. The van der Waals surface area contributed by atoms with Gasteiger partial charge in [-0.2, -0.15) is 0 Å². The zero-order chi connectivity index (χ0) is 21.4. The first-order valence-electron chi connectivity index (χ1n) is 9.06. The minimum atomic E-state index is -0.506.